The predicted octanol–water partition coefficient (Wildman–Crippen LogP) is 3.31. The number of carbonyl (C=O) groups is 1. The summed E-state index contributed by atoms with van der Waals surface area (Å²) in [6.45, 7) is 1.23. The molecule has 3 aliphatic rings. The van der Waals surface area contributed by atoms with Gasteiger partial charge in [-0.2, -0.15) is 0 Å². The van der Waals surface area contributed by atoms with Crippen LogP contribution in [0.1, 0.15) is 35.3 Å². The zero-order valence-corrected chi connectivity index (χ0v) is 15.2. The van der Waals surface area contributed by atoms with Gasteiger partial charge in [0.05, 0.1) is 12.7 Å². The fraction of sp³-hybridized carbons (Fsp3) is 0.450. The molecule has 3 aliphatic carbocycles. The topological polar surface area (TPSA) is 59.8 Å². The Balaban J connectivity index is 1.20. The van der Waals surface area contributed by atoms with Crippen LogP contribution in [0.2, 0.25) is 5.02 Å². The van der Waals surface area contributed by atoms with E-state index >= 15 is 0 Å². The van der Waals surface area contributed by atoms with Gasteiger partial charge < -0.3 is 5.32 Å². The van der Waals surface area contributed by atoms with Crippen LogP contribution in [0.4, 0.5) is 0 Å². The van der Waals surface area contributed by atoms with Gasteiger partial charge in [-0.05, 0) is 54.1 Å². The van der Waals surface area contributed by atoms with Crippen molar-refractivity contribution >= 4 is 17.5 Å². The van der Waals surface area contributed by atoms with E-state index in [2.05, 4.69) is 27.8 Å². The standard InChI is InChI=1S/C20H21ClN4O/c21-17-4-2-1-3-13(17)11-25-12-18(23-24-25)19(26)22-10-14-9-15-5-6-16(14)20(15)7-8-20/h1-6,12,14-16H,7-11H2,(H,22,26)/t14-,15-,16-/m1/s1. The lowest BCUT2D eigenvalue weighted by atomic mass is 9.89. The molecule has 1 aromatic heterocycles. The summed E-state index contributed by atoms with van der Waals surface area (Å²) in [6, 6.07) is 7.61. The van der Waals surface area contributed by atoms with E-state index in [-0.39, 0.29) is 5.91 Å². The van der Waals surface area contributed by atoms with E-state index in [1.54, 1.807) is 10.9 Å². The first kappa shape index (κ1) is 16.1. The van der Waals surface area contributed by atoms with Gasteiger partial charge in [-0.3, -0.25) is 4.79 Å². The second-order valence-electron chi connectivity index (χ2n) is 7.85. The molecule has 2 fully saturated rings. The summed E-state index contributed by atoms with van der Waals surface area (Å²) < 4.78 is 1.65. The van der Waals surface area contributed by atoms with Crippen LogP contribution in [0.5, 0.6) is 0 Å². The van der Waals surface area contributed by atoms with Crippen LogP contribution in [-0.4, -0.2) is 27.4 Å². The molecule has 2 saturated carbocycles. The number of benzene rings is 1. The maximum absolute atomic E-state index is 12.4. The second-order valence-corrected chi connectivity index (χ2v) is 8.26. The molecule has 5 rings (SSSR count). The Morgan fingerprint density at radius 1 is 1.31 bits per heavy atom. The van der Waals surface area contributed by atoms with Crippen molar-refractivity contribution in [2.24, 2.45) is 23.2 Å². The van der Waals surface area contributed by atoms with Gasteiger partial charge >= 0.3 is 0 Å². The van der Waals surface area contributed by atoms with Gasteiger partial charge in [0, 0.05) is 11.6 Å². The van der Waals surface area contributed by atoms with Crippen molar-refractivity contribution in [2.45, 2.75) is 25.8 Å². The van der Waals surface area contributed by atoms with Crippen LogP contribution in [0, 0.1) is 23.2 Å². The number of allylic oxidation sites excluding steroid dienone is 2. The van der Waals surface area contributed by atoms with Crippen LogP contribution in [0.25, 0.3) is 0 Å². The van der Waals surface area contributed by atoms with Gasteiger partial charge in [0.25, 0.3) is 5.91 Å². The fourth-order valence-corrected chi connectivity index (χ4v) is 5.15. The molecule has 0 unspecified atom stereocenters. The summed E-state index contributed by atoms with van der Waals surface area (Å²) in [5, 5.41) is 11.8. The normalized spacial score (nSPS) is 27.2. The maximum atomic E-state index is 12.4. The molecule has 1 aromatic carbocycles. The lowest BCUT2D eigenvalue weighted by molar-refractivity contribution is 0.0939. The van der Waals surface area contributed by atoms with E-state index in [0.29, 0.717) is 34.5 Å². The van der Waals surface area contributed by atoms with Gasteiger partial charge in [0.15, 0.2) is 5.69 Å². The molecular weight excluding hydrogens is 348 g/mol. The van der Waals surface area contributed by atoms with Crippen LogP contribution in [-0.2, 0) is 6.54 Å². The highest BCUT2D eigenvalue weighted by Crippen LogP contribution is 2.69. The highest BCUT2D eigenvalue weighted by atomic mass is 35.5. The molecule has 0 saturated heterocycles. The monoisotopic (exact) mass is 368 g/mol. The van der Waals surface area contributed by atoms with Gasteiger partial charge in [-0.25, -0.2) is 4.68 Å². The van der Waals surface area contributed by atoms with Gasteiger partial charge in [-0.15, -0.1) is 5.10 Å². The molecule has 134 valence electrons. The Labute approximate surface area is 157 Å². The van der Waals surface area contributed by atoms with Crippen molar-refractivity contribution in [3.05, 3.63) is 58.9 Å². The molecular formula is C20H21ClN4O. The molecule has 1 spiro atoms. The van der Waals surface area contributed by atoms with Crippen LogP contribution in [0.15, 0.2) is 42.6 Å². The molecule has 6 heteroatoms. The quantitative estimate of drug-likeness (QED) is 0.823. The third-order valence-corrected chi connectivity index (χ3v) is 6.80. The lowest BCUT2D eigenvalue weighted by Gasteiger charge is -2.19. The number of nitrogens with one attached hydrogen (secondary N) is 1. The van der Waals surface area contributed by atoms with Crippen molar-refractivity contribution in [1.29, 1.82) is 0 Å². The number of amides is 1. The molecule has 1 N–H and O–H groups in total. The maximum Gasteiger partial charge on any atom is 0.273 e. The third-order valence-electron chi connectivity index (χ3n) is 6.43. The molecule has 2 bridgehead atoms. The zero-order chi connectivity index (χ0) is 17.7. The first-order valence-corrected chi connectivity index (χ1v) is 9.63. The van der Waals surface area contributed by atoms with Crippen molar-refractivity contribution in [3.8, 4) is 0 Å². The summed E-state index contributed by atoms with van der Waals surface area (Å²) in [4.78, 5) is 12.4. The summed E-state index contributed by atoms with van der Waals surface area (Å²) in [6.07, 6.45) is 10.4. The number of aromatic nitrogens is 3. The first-order valence-electron chi connectivity index (χ1n) is 9.26. The predicted molar refractivity (Wildman–Crippen MR) is 98.8 cm³/mol. The van der Waals surface area contributed by atoms with Crippen molar-refractivity contribution < 1.29 is 4.79 Å². The fourth-order valence-electron chi connectivity index (χ4n) is 4.95. The highest BCUT2D eigenvalue weighted by Gasteiger charge is 2.62. The van der Waals surface area contributed by atoms with E-state index in [0.717, 1.165) is 18.0 Å². The van der Waals surface area contributed by atoms with E-state index in [1.165, 1.54) is 19.3 Å². The molecule has 5 nitrogen and oxygen atoms in total. The number of carbonyl (C=O) groups excluding carboxylic acids is 1. The minimum Gasteiger partial charge on any atom is -0.350 e. The molecule has 0 radical (unpaired) electrons. The van der Waals surface area contributed by atoms with Crippen molar-refractivity contribution in [2.75, 3.05) is 6.54 Å². The molecule has 1 heterocycles. The average molecular weight is 369 g/mol. The summed E-state index contributed by atoms with van der Waals surface area (Å²) in [7, 11) is 0. The summed E-state index contributed by atoms with van der Waals surface area (Å²) in [5.74, 6) is 1.82. The Hall–Kier alpha value is -2.14. The SMILES string of the molecule is O=C(NC[C@H]1C[C@H]2C=C[C@H]1C21CC1)c1cn(Cc2ccccc2Cl)nn1. The number of nitrogens with zero attached hydrogens (tertiary/aromatic N) is 3. The van der Waals surface area contributed by atoms with Crippen molar-refractivity contribution in [3.63, 3.8) is 0 Å². The number of halogens is 1. The largest absolute Gasteiger partial charge is 0.350 e. The van der Waals surface area contributed by atoms with Gasteiger partial charge in [0.1, 0.15) is 0 Å². The Kier molecular flexibility index (Phi) is 3.67. The number of hydrogen-bond acceptors (Lipinski definition) is 3. The number of hydrogen-bond donors (Lipinski definition) is 1. The number of rotatable bonds is 5. The molecule has 3 atom stereocenters. The Bertz CT molecular complexity index is 885. The van der Waals surface area contributed by atoms with Crippen LogP contribution >= 0.6 is 11.6 Å². The van der Waals surface area contributed by atoms with E-state index in [9.17, 15) is 4.79 Å². The van der Waals surface area contributed by atoms with E-state index in [4.69, 9.17) is 11.6 Å². The molecule has 2 aromatic rings. The zero-order valence-electron chi connectivity index (χ0n) is 14.4. The highest BCUT2D eigenvalue weighted by molar-refractivity contribution is 6.31. The molecule has 1 amide bonds. The van der Waals surface area contributed by atoms with Crippen LogP contribution < -0.4 is 5.32 Å². The molecule has 26 heavy (non-hydrogen) atoms. The Morgan fingerprint density at radius 3 is 2.92 bits per heavy atom. The molecule has 0 aliphatic heterocycles. The van der Waals surface area contributed by atoms with Gasteiger partial charge in [-0.1, -0.05) is 47.2 Å². The minimum absolute atomic E-state index is 0.146. The van der Waals surface area contributed by atoms with Gasteiger partial charge in [0.2, 0.25) is 0 Å². The Morgan fingerprint density at radius 2 is 2.15 bits per heavy atom. The summed E-state index contributed by atoms with van der Waals surface area (Å²) >= 11 is 6.18. The minimum atomic E-state index is -0.146. The third kappa shape index (κ3) is 2.57. The summed E-state index contributed by atoms with van der Waals surface area (Å²) in [5.41, 5.74) is 1.87. The average Bonchev–Trinajstić information content (AvgIpc) is 3.07. The second kappa shape index (κ2) is 5.95. The van der Waals surface area contributed by atoms with Crippen molar-refractivity contribution in [1.82, 2.24) is 20.3 Å². The first-order chi connectivity index (χ1) is 12.7. The van der Waals surface area contributed by atoms with E-state index < -0.39 is 0 Å². The van der Waals surface area contributed by atoms with E-state index in [1.807, 2.05) is 24.3 Å². The smallest absolute Gasteiger partial charge is 0.273 e. The van der Waals surface area contributed by atoms with Crippen LogP contribution in [0.3, 0.4) is 0 Å². The lowest BCUT2D eigenvalue weighted by Crippen LogP contribution is -2.31.